The molecule has 0 saturated carbocycles. The molecule has 1 aliphatic heterocycles. The van der Waals surface area contributed by atoms with E-state index in [-0.39, 0.29) is 11.9 Å². The van der Waals surface area contributed by atoms with Crippen molar-refractivity contribution in [3.05, 3.63) is 48.0 Å². The van der Waals surface area contributed by atoms with Crippen LogP contribution in [-0.2, 0) is 11.2 Å². The van der Waals surface area contributed by atoms with Crippen molar-refractivity contribution in [2.24, 2.45) is 0 Å². The fraction of sp³-hybridized carbons (Fsp3) is 0.438. The van der Waals surface area contributed by atoms with Crippen molar-refractivity contribution in [2.75, 3.05) is 6.54 Å². The van der Waals surface area contributed by atoms with E-state index in [1.54, 1.807) is 13.0 Å². The minimum atomic E-state index is -0.452. The highest BCUT2D eigenvalue weighted by Crippen LogP contribution is 2.20. The van der Waals surface area contributed by atoms with Crippen molar-refractivity contribution in [3.8, 4) is 0 Å². The van der Waals surface area contributed by atoms with Crippen LogP contribution in [0.3, 0.4) is 0 Å². The Kier molecular flexibility index (Phi) is 4.74. The summed E-state index contributed by atoms with van der Waals surface area (Å²) >= 11 is 0. The molecule has 0 bridgehead atoms. The van der Waals surface area contributed by atoms with Crippen LogP contribution in [0.2, 0.25) is 0 Å². The van der Waals surface area contributed by atoms with E-state index in [2.05, 4.69) is 12.1 Å². The van der Waals surface area contributed by atoms with Crippen molar-refractivity contribution < 1.29 is 9.90 Å². The lowest BCUT2D eigenvalue weighted by Gasteiger charge is -2.22. The van der Waals surface area contributed by atoms with Gasteiger partial charge in [0.15, 0.2) is 0 Å². The molecule has 1 aromatic carbocycles. The van der Waals surface area contributed by atoms with Gasteiger partial charge in [0.05, 0.1) is 12.1 Å². The largest absolute Gasteiger partial charge is 0.389 e. The molecule has 0 radical (unpaired) electrons. The fourth-order valence-electron chi connectivity index (χ4n) is 2.43. The summed E-state index contributed by atoms with van der Waals surface area (Å²) in [6.45, 7) is 2.47. The van der Waals surface area contributed by atoms with Crippen molar-refractivity contribution >= 4 is 5.91 Å². The molecule has 1 aromatic rings. The van der Waals surface area contributed by atoms with Gasteiger partial charge >= 0.3 is 0 Å². The average molecular weight is 259 g/mol. The number of aliphatic hydroxyl groups excluding tert-OH is 1. The molecule has 2 unspecified atom stereocenters. The van der Waals surface area contributed by atoms with E-state index in [0.717, 1.165) is 19.4 Å². The Labute approximate surface area is 114 Å². The normalized spacial score (nSPS) is 21.3. The lowest BCUT2D eigenvalue weighted by Crippen LogP contribution is -2.33. The molecule has 3 heteroatoms. The van der Waals surface area contributed by atoms with E-state index in [1.807, 2.05) is 29.2 Å². The zero-order chi connectivity index (χ0) is 13.7. The summed E-state index contributed by atoms with van der Waals surface area (Å²) < 4.78 is 0. The van der Waals surface area contributed by atoms with Crippen LogP contribution in [-0.4, -0.2) is 34.6 Å². The Morgan fingerprint density at radius 2 is 2.16 bits per heavy atom. The number of aliphatic hydroxyl groups is 1. The SMILES string of the molecule is CC(O)C=CC1CCC(=O)N1CCc1ccccc1. The highest BCUT2D eigenvalue weighted by atomic mass is 16.3. The van der Waals surface area contributed by atoms with Gasteiger partial charge in [0.1, 0.15) is 0 Å². The molecule has 2 atom stereocenters. The molecule has 2 rings (SSSR count). The first-order chi connectivity index (χ1) is 9.16. The van der Waals surface area contributed by atoms with E-state index in [4.69, 9.17) is 0 Å². The van der Waals surface area contributed by atoms with Crippen LogP contribution >= 0.6 is 0 Å². The van der Waals surface area contributed by atoms with Crippen molar-refractivity contribution in [3.63, 3.8) is 0 Å². The summed E-state index contributed by atoms with van der Waals surface area (Å²) in [4.78, 5) is 13.8. The van der Waals surface area contributed by atoms with Crippen LogP contribution in [0.25, 0.3) is 0 Å². The van der Waals surface area contributed by atoms with Gasteiger partial charge in [-0.05, 0) is 25.3 Å². The van der Waals surface area contributed by atoms with Crippen LogP contribution in [0.15, 0.2) is 42.5 Å². The maximum Gasteiger partial charge on any atom is 0.223 e. The quantitative estimate of drug-likeness (QED) is 0.823. The van der Waals surface area contributed by atoms with E-state index < -0.39 is 6.10 Å². The van der Waals surface area contributed by atoms with Gasteiger partial charge in [-0.15, -0.1) is 0 Å². The molecule has 0 spiro atoms. The molecule has 19 heavy (non-hydrogen) atoms. The number of nitrogens with zero attached hydrogens (tertiary/aromatic N) is 1. The van der Waals surface area contributed by atoms with Gasteiger partial charge in [0, 0.05) is 13.0 Å². The van der Waals surface area contributed by atoms with E-state index in [1.165, 1.54) is 5.56 Å². The number of carbonyl (C=O) groups excluding carboxylic acids is 1. The first-order valence-electron chi connectivity index (χ1n) is 6.86. The third kappa shape index (κ3) is 3.93. The number of likely N-dealkylation sites (tertiary alicyclic amines) is 1. The predicted octanol–water partition coefficient (Wildman–Crippen LogP) is 2.16. The predicted molar refractivity (Wildman–Crippen MR) is 75.7 cm³/mol. The van der Waals surface area contributed by atoms with Crippen molar-refractivity contribution in [1.29, 1.82) is 0 Å². The lowest BCUT2D eigenvalue weighted by molar-refractivity contribution is -0.128. The first kappa shape index (κ1) is 13.8. The summed E-state index contributed by atoms with van der Waals surface area (Å²) in [5, 5.41) is 9.28. The number of hydrogen-bond donors (Lipinski definition) is 1. The summed E-state index contributed by atoms with van der Waals surface area (Å²) in [6, 6.07) is 10.4. The number of rotatable bonds is 5. The van der Waals surface area contributed by atoms with Crippen LogP contribution < -0.4 is 0 Å². The van der Waals surface area contributed by atoms with E-state index >= 15 is 0 Å². The highest BCUT2D eigenvalue weighted by Gasteiger charge is 2.28. The minimum Gasteiger partial charge on any atom is -0.389 e. The Balaban J connectivity index is 1.94. The van der Waals surface area contributed by atoms with Crippen molar-refractivity contribution in [2.45, 2.75) is 38.3 Å². The van der Waals surface area contributed by atoms with Crippen LogP contribution in [0.5, 0.6) is 0 Å². The summed E-state index contributed by atoms with van der Waals surface area (Å²) in [7, 11) is 0. The number of hydrogen-bond acceptors (Lipinski definition) is 2. The van der Waals surface area contributed by atoms with Crippen LogP contribution in [0.4, 0.5) is 0 Å². The van der Waals surface area contributed by atoms with Crippen molar-refractivity contribution in [1.82, 2.24) is 4.90 Å². The maximum absolute atomic E-state index is 11.9. The molecule has 3 nitrogen and oxygen atoms in total. The fourth-order valence-corrected chi connectivity index (χ4v) is 2.43. The molecular formula is C16H21NO2. The van der Waals surface area contributed by atoms with Gasteiger partial charge < -0.3 is 10.0 Å². The molecule has 1 fully saturated rings. The first-order valence-corrected chi connectivity index (χ1v) is 6.86. The molecule has 1 N–H and O–H groups in total. The summed E-state index contributed by atoms with van der Waals surface area (Å²) in [6.07, 6.45) is 5.62. The lowest BCUT2D eigenvalue weighted by atomic mass is 10.1. The van der Waals surface area contributed by atoms with Gasteiger partial charge in [-0.2, -0.15) is 0 Å². The second-order valence-corrected chi connectivity index (χ2v) is 5.05. The second kappa shape index (κ2) is 6.53. The second-order valence-electron chi connectivity index (χ2n) is 5.05. The smallest absolute Gasteiger partial charge is 0.223 e. The molecule has 1 amide bonds. The Bertz CT molecular complexity index is 439. The Hall–Kier alpha value is -1.61. The third-order valence-corrected chi connectivity index (χ3v) is 3.47. The topological polar surface area (TPSA) is 40.5 Å². The molecular weight excluding hydrogens is 238 g/mol. The standard InChI is InChI=1S/C16H21NO2/c1-13(18)7-8-15-9-10-16(19)17(15)12-11-14-5-3-2-4-6-14/h2-8,13,15,18H,9-12H2,1H3. The van der Waals surface area contributed by atoms with Gasteiger partial charge in [0.25, 0.3) is 0 Å². The average Bonchev–Trinajstić information content (AvgIpc) is 2.76. The highest BCUT2D eigenvalue weighted by molar-refractivity contribution is 5.79. The number of benzene rings is 1. The molecule has 102 valence electrons. The van der Waals surface area contributed by atoms with Crippen LogP contribution in [0, 0.1) is 0 Å². The van der Waals surface area contributed by atoms with Gasteiger partial charge in [-0.1, -0.05) is 42.5 Å². The van der Waals surface area contributed by atoms with Crippen LogP contribution in [0.1, 0.15) is 25.3 Å². The summed E-state index contributed by atoms with van der Waals surface area (Å²) in [5.74, 6) is 0.219. The van der Waals surface area contributed by atoms with Gasteiger partial charge in [0.2, 0.25) is 5.91 Å². The number of amides is 1. The van der Waals surface area contributed by atoms with Gasteiger partial charge in [-0.25, -0.2) is 0 Å². The molecule has 0 aromatic heterocycles. The Morgan fingerprint density at radius 1 is 1.42 bits per heavy atom. The molecule has 1 saturated heterocycles. The molecule has 1 heterocycles. The van der Waals surface area contributed by atoms with E-state index in [0.29, 0.717) is 6.42 Å². The maximum atomic E-state index is 11.9. The Morgan fingerprint density at radius 3 is 2.84 bits per heavy atom. The summed E-state index contributed by atoms with van der Waals surface area (Å²) in [5.41, 5.74) is 1.25. The zero-order valence-corrected chi connectivity index (χ0v) is 11.3. The molecule has 1 aliphatic rings. The monoisotopic (exact) mass is 259 g/mol. The zero-order valence-electron chi connectivity index (χ0n) is 11.3. The molecule has 0 aliphatic carbocycles. The number of carbonyl (C=O) groups is 1. The third-order valence-electron chi connectivity index (χ3n) is 3.47. The van der Waals surface area contributed by atoms with E-state index in [9.17, 15) is 9.90 Å². The van der Waals surface area contributed by atoms with Gasteiger partial charge in [-0.3, -0.25) is 4.79 Å². The minimum absolute atomic E-state index is 0.144.